The first-order valence-corrected chi connectivity index (χ1v) is 5.51. The minimum absolute atomic E-state index is 0.0533. The maximum Gasteiger partial charge on any atom is 0.303 e. The molecular formula is C13H17NO3. The number of carbonyl (C=O) groups is 2. The quantitative estimate of drug-likeness (QED) is 0.846. The molecule has 0 fully saturated rings. The molecule has 0 saturated heterocycles. The van der Waals surface area contributed by atoms with Crippen LogP contribution in [0.3, 0.4) is 0 Å². The van der Waals surface area contributed by atoms with Crippen molar-refractivity contribution in [2.45, 2.75) is 26.3 Å². The molecular weight excluding hydrogens is 218 g/mol. The van der Waals surface area contributed by atoms with Crippen LogP contribution in [0.5, 0.6) is 0 Å². The summed E-state index contributed by atoms with van der Waals surface area (Å²) in [7, 11) is 1.69. The number of amides is 1. The highest BCUT2D eigenvalue weighted by atomic mass is 16.4. The van der Waals surface area contributed by atoms with Gasteiger partial charge in [0.05, 0.1) is 6.42 Å². The molecule has 1 rings (SSSR count). The van der Waals surface area contributed by atoms with E-state index in [9.17, 15) is 9.59 Å². The Labute approximate surface area is 101 Å². The SMILES string of the molecule is Cc1ccccc1CN(C)C(=O)CCC(=O)O. The summed E-state index contributed by atoms with van der Waals surface area (Å²) >= 11 is 0. The number of carboxylic acid groups (broad SMARTS) is 1. The van der Waals surface area contributed by atoms with Gasteiger partial charge in [-0.25, -0.2) is 0 Å². The fraction of sp³-hybridized carbons (Fsp3) is 0.385. The lowest BCUT2D eigenvalue weighted by Crippen LogP contribution is -2.26. The Bertz CT molecular complexity index is 415. The van der Waals surface area contributed by atoms with Crippen molar-refractivity contribution in [2.24, 2.45) is 0 Å². The minimum Gasteiger partial charge on any atom is -0.481 e. The number of aryl methyl sites for hydroxylation is 1. The molecule has 0 aromatic heterocycles. The Morgan fingerprint density at radius 3 is 2.47 bits per heavy atom. The molecule has 0 aliphatic carbocycles. The van der Waals surface area contributed by atoms with Crippen LogP contribution in [0, 0.1) is 6.92 Å². The van der Waals surface area contributed by atoms with E-state index in [-0.39, 0.29) is 18.7 Å². The molecule has 1 N–H and O–H groups in total. The molecule has 0 unspecified atom stereocenters. The number of benzene rings is 1. The van der Waals surface area contributed by atoms with Gasteiger partial charge in [-0.2, -0.15) is 0 Å². The summed E-state index contributed by atoms with van der Waals surface area (Å²) in [5.41, 5.74) is 2.21. The zero-order chi connectivity index (χ0) is 12.8. The van der Waals surface area contributed by atoms with Gasteiger partial charge in [0.15, 0.2) is 0 Å². The molecule has 0 aliphatic heterocycles. The van der Waals surface area contributed by atoms with E-state index in [1.54, 1.807) is 11.9 Å². The van der Waals surface area contributed by atoms with Gasteiger partial charge in [-0.1, -0.05) is 24.3 Å². The molecule has 17 heavy (non-hydrogen) atoms. The van der Waals surface area contributed by atoms with Crippen molar-refractivity contribution in [3.63, 3.8) is 0 Å². The van der Waals surface area contributed by atoms with Crippen molar-refractivity contribution in [1.29, 1.82) is 0 Å². The lowest BCUT2D eigenvalue weighted by molar-refractivity contribution is -0.140. The molecule has 4 heteroatoms. The van der Waals surface area contributed by atoms with Crippen LogP contribution in [0.25, 0.3) is 0 Å². The lowest BCUT2D eigenvalue weighted by atomic mass is 10.1. The summed E-state index contributed by atoms with van der Waals surface area (Å²) in [6.07, 6.45) is -0.0609. The van der Waals surface area contributed by atoms with Crippen LogP contribution in [-0.2, 0) is 16.1 Å². The number of carboxylic acids is 1. The largest absolute Gasteiger partial charge is 0.481 e. The van der Waals surface area contributed by atoms with Crippen LogP contribution in [0.15, 0.2) is 24.3 Å². The highest BCUT2D eigenvalue weighted by molar-refractivity contribution is 5.80. The highest BCUT2D eigenvalue weighted by Crippen LogP contribution is 2.10. The zero-order valence-electron chi connectivity index (χ0n) is 10.1. The lowest BCUT2D eigenvalue weighted by Gasteiger charge is -2.18. The molecule has 0 heterocycles. The molecule has 1 aromatic carbocycles. The van der Waals surface area contributed by atoms with Crippen molar-refractivity contribution < 1.29 is 14.7 Å². The monoisotopic (exact) mass is 235 g/mol. The summed E-state index contributed by atoms with van der Waals surface area (Å²) in [5, 5.41) is 8.51. The third-order valence-corrected chi connectivity index (χ3v) is 2.65. The average Bonchev–Trinajstić information content (AvgIpc) is 2.28. The normalized spacial score (nSPS) is 10.0. The fourth-order valence-corrected chi connectivity index (χ4v) is 1.54. The van der Waals surface area contributed by atoms with Crippen LogP contribution in [0.1, 0.15) is 24.0 Å². The molecule has 1 amide bonds. The van der Waals surface area contributed by atoms with E-state index in [2.05, 4.69) is 0 Å². The number of nitrogens with zero attached hydrogens (tertiary/aromatic N) is 1. The molecule has 0 bridgehead atoms. The van der Waals surface area contributed by atoms with E-state index in [0.717, 1.165) is 11.1 Å². The van der Waals surface area contributed by atoms with Crippen molar-refractivity contribution >= 4 is 11.9 Å². The molecule has 4 nitrogen and oxygen atoms in total. The summed E-state index contributed by atoms with van der Waals surface area (Å²) in [4.78, 5) is 23.6. The number of carbonyl (C=O) groups excluding carboxylic acids is 1. The van der Waals surface area contributed by atoms with E-state index < -0.39 is 5.97 Å². The van der Waals surface area contributed by atoms with E-state index >= 15 is 0 Å². The Morgan fingerprint density at radius 1 is 1.24 bits per heavy atom. The van der Waals surface area contributed by atoms with Crippen molar-refractivity contribution in [2.75, 3.05) is 7.05 Å². The Balaban J connectivity index is 2.54. The highest BCUT2D eigenvalue weighted by Gasteiger charge is 2.11. The maximum absolute atomic E-state index is 11.6. The van der Waals surface area contributed by atoms with Gasteiger partial charge >= 0.3 is 5.97 Å². The molecule has 0 saturated carbocycles. The fourth-order valence-electron chi connectivity index (χ4n) is 1.54. The Hall–Kier alpha value is -1.84. The van der Waals surface area contributed by atoms with E-state index in [0.29, 0.717) is 6.54 Å². The van der Waals surface area contributed by atoms with Crippen LogP contribution in [0.2, 0.25) is 0 Å². The van der Waals surface area contributed by atoms with Gasteiger partial charge in [-0.3, -0.25) is 9.59 Å². The van der Waals surface area contributed by atoms with E-state index in [4.69, 9.17) is 5.11 Å². The van der Waals surface area contributed by atoms with Gasteiger partial charge in [0.2, 0.25) is 5.91 Å². The van der Waals surface area contributed by atoms with Crippen molar-refractivity contribution in [1.82, 2.24) is 4.90 Å². The summed E-state index contributed by atoms with van der Waals surface area (Å²) < 4.78 is 0. The second kappa shape index (κ2) is 6.03. The number of rotatable bonds is 5. The summed E-state index contributed by atoms with van der Waals surface area (Å²) in [6.45, 7) is 2.51. The number of hydrogen-bond acceptors (Lipinski definition) is 2. The van der Waals surface area contributed by atoms with Gasteiger partial charge in [0.1, 0.15) is 0 Å². The summed E-state index contributed by atoms with van der Waals surface area (Å²) in [5.74, 6) is -1.08. The van der Waals surface area contributed by atoms with Gasteiger partial charge in [0.25, 0.3) is 0 Å². The van der Waals surface area contributed by atoms with E-state index in [1.165, 1.54) is 0 Å². The van der Waals surface area contributed by atoms with E-state index in [1.807, 2.05) is 31.2 Å². The van der Waals surface area contributed by atoms with Gasteiger partial charge in [0, 0.05) is 20.0 Å². The predicted molar refractivity (Wildman–Crippen MR) is 64.5 cm³/mol. The third kappa shape index (κ3) is 4.26. The van der Waals surface area contributed by atoms with Crippen LogP contribution in [-0.4, -0.2) is 28.9 Å². The second-order valence-corrected chi connectivity index (χ2v) is 4.07. The van der Waals surface area contributed by atoms with Crippen LogP contribution < -0.4 is 0 Å². The molecule has 0 spiro atoms. The molecule has 0 atom stereocenters. The van der Waals surface area contributed by atoms with Gasteiger partial charge in [-0.15, -0.1) is 0 Å². The third-order valence-electron chi connectivity index (χ3n) is 2.65. The molecule has 92 valence electrons. The summed E-state index contributed by atoms with van der Waals surface area (Å²) in [6, 6.07) is 7.84. The smallest absolute Gasteiger partial charge is 0.303 e. The molecule has 1 aromatic rings. The zero-order valence-corrected chi connectivity index (χ0v) is 10.1. The predicted octanol–water partition coefficient (Wildman–Crippen LogP) is 1.82. The molecule has 0 radical (unpaired) electrons. The Kier molecular flexibility index (Phi) is 4.69. The molecule has 0 aliphatic rings. The van der Waals surface area contributed by atoms with Crippen molar-refractivity contribution in [3.8, 4) is 0 Å². The standard InChI is InChI=1S/C13H17NO3/c1-10-5-3-4-6-11(10)9-14(2)12(15)7-8-13(16)17/h3-6H,7-9H2,1-2H3,(H,16,17). The van der Waals surface area contributed by atoms with Crippen LogP contribution in [0.4, 0.5) is 0 Å². The first-order chi connectivity index (χ1) is 8.00. The van der Waals surface area contributed by atoms with Gasteiger partial charge in [-0.05, 0) is 18.1 Å². The second-order valence-electron chi connectivity index (χ2n) is 4.07. The average molecular weight is 235 g/mol. The first-order valence-electron chi connectivity index (χ1n) is 5.51. The number of aliphatic carboxylic acids is 1. The topological polar surface area (TPSA) is 57.6 Å². The minimum atomic E-state index is -0.942. The van der Waals surface area contributed by atoms with Gasteiger partial charge < -0.3 is 10.0 Å². The maximum atomic E-state index is 11.6. The van der Waals surface area contributed by atoms with Crippen molar-refractivity contribution in [3.05, 3.63) is 35.4 Å². The number of hydrogen-bond donors (Lipinski definition) is 1. The first kappa shape index (κ1) is 13.2. The van der Waals surface area contributed by atoms with Crippen LogP contribution >= 0.6 is 0 Å². The Morgan fingerprint density at radius 2 is 1.88 bits per heavy atom.